The van der Waals surface area contributed by atoms with Crippen molar-refractivity contribution >= 4 is 29.0 Å². The van der Waals surface area contributed by atoms with Crippen LogP contribution < -0.4 is 16.0 Å². The van der Waals surface area contributed by atoms with Gasteiger partial charge in [0.15, 0.2) is 0 Å². The molecular weight excluding hydrogens is 324 g/mol. The third-order valence-corrected chi connectivity index (χ3v) is 4.25. The van der Waals surface area contributed by atoms with Crippen LogP contribution in [0.15, 0.2) is 35.7 Å². The van der Waals surface area contributed by atoms with E-state index in [9.17, 15) is 9.59 Å². The van der Waals surface area contributed by atoms with Gasteiger partial charge in [0, 0.05) is 11.1 Å². The van der Waals surface area contributed by atoms with Gasteiger partial charge in [-0.15, -0.1) is 11.3 Å². The molecule has 1 aromatic carbocycles. The van der Waals surface area contributed by atoms with Crippen LogP contribution in [0.1, 0.15) is 37.5 Å². The van der Waals surface area contributed by atoms with Crippen molar-refractivity contribution in [2.75, 3.05) is 5.32 Å². The molecule has 1 atom stereocenters. The molecule has 0 aliphatic rings. The van der Waals surface area contributed by atoms with Gasteiger partial charge in [0.1, 0.15) is 5.54 Å². The van der Waals surface area contributed by atoms with Crippen LogP contribution in [0.5, 0.6) is 0 Å². The highest BCUT2D eigenvalue weighted by atomic mass is 32.1. The molecule has 0 saturated carbocycles. The Morgan fingerprint density at radius 2 is 1.88 bits per heavy atom. The van der Waals surface area contributed by atoms with Crippen LogP contribution in [0.25, 0.3) is 0 Å². The van der Waals surface area contributed by atoms with Crippen LogP contribution in [0, 0.1) is 6.92 Å². The number of carbonyl (C=O) groups is 2. The molecule has 1 heterocycles. The number of urea groups is 1. The zero-order valence-corrected chi connectivity index (χ0v) is 15.0. The average Bonchev–Trinajstić information content (AvgIpc) is 2.94. The van der Waals surface area contributed by atoms with E-state index in [1.165, 1.54) is 11.3 Å². The number of hydrogen-bond donors (Lipinski definition) is 3. The summed E-state index contributed by atoms with van der Waals surface area (Å²) in [6, 6.07) is 8.41. The van der Waals surface area contributed by atoms with E-state index in [0.29, 0.717) is 5.69 Å². The molecule has 0 saturated heterocycles. The second-order valence-electron chi connectivity index (χ2n) is 6.06. The molecule has 0 fully saturated rings. The maximum Gasteiger partial charge on any atom is 0.320 e. The molecule has 7 heteroatoms. The van der Waals surface area contributed by atoms with Gasteiger partial charge in [-0.2, -0.15) is 0 Å². The Hall–Kier alpha value is -2.41. The van der Waals surface area contributed by atoms with Gasteiger partial charge in [-0.05, 0) is 39.8 Å². The van der Waals surface area contributed by atoms with Gasteiger partial charge in [0.05, 0.1) is 16.7 Å². The summed E-state index contributed by atoms with van der Waals surface area (Å²) >= 11 is 1.54. The van der Waals surface area contributed by atoms with Crippen LogP contribution in [-0.2, 0) is 4.79 Å². The molecule has 2 aromatic rings. The lowest BCUT2D eigenvalue weighted by Gasteiger charge is -2.27. The van der Waals surface area contributed by atoms with Crippen LogP contribution in [0.2, 0.25) is 0 Å². The van der Waals surface area contributed by atoms with Gasteiger partial charge < -0.3 is 16.0 Å². The van der Waals surface area contributed by atoms with E-state index in [2.05, 4.69) is 20.9 Å². The number of hydrogen-bond acceptors (Lipinski definition) is 4. The molecule has 0 unspecified atom stereocenters. The number of benzene rings is 1. The van der Waals surface area contributed by atoms with Gasteiger partial charge in [-0.25, -0.2) is 9.78 Å². The number of carbonyl (C=O) groups excluding carboxylic acids is 2. The third kappa shape index (κ3) is 4.79. The maximum atomic E-state index is 12.5. The molecule has 6 nitrogen and oxygen atoms in total. The predicted molar refractivity (Wildman–Crippen MR) is 96.1 cm³/mol. The average molecular weight is 346 g/mol. The number of thiazole rings is 1. The highest BCUT2D eigenvalue weighted by Crippen LogP contribution is 2.17. The SMILES string of the molecule is Cc1nc([C@@H](C)NC(=O)C(C)(C)NC(=O)Nc2ccccc2)cs1. The Balaban J connectivity index is 1.93. The minimum Gasteiger partial charge on any atom is -0.346 e. The lowest BCUT2D eigenvalue weighted by Crippen LogP contribution is -2.56. The molecule has 0 spiro atoms. The number of anilines is 1. The van der Waals surface area contributed by atoms with Crippen LogP contribution in [0.3, 0.4) is 0 Å². The summed E-state index contributed by atoms with van der Waals surface area (Å²) in [5.74, 6) is -0.274. The second-order valence-corrected chi connectivity index (χ2v) is 7.12. The van der Waals surface area contributed by atoms with E-state index in [1.807, 2.05) is 37.4 Å². The van der Waals surface area contributed by atoms with Gasteiger partial charge in [0.2, 0.25) is 5.91 Å². The number of nitrogens with zero attached hydrogens (tertiary/aromatic N) is 1. The molecule has 0 radical (unpaired) electrons. The van der Waals surface area contributed by atoms with Crippen LogP contribution >= 0.6 is 11.3 Å². The monoisotopic (exact) mass is 346 g/mol. The van der Waals surface area contributed by atoms with Crippen molar-refractivity contribution in [2.45, 2.75) is 39.3 Å². The molecule has 0 aliphatic heterocycles. The zero-order valence-electron chi connectivity index (χ0n) is 14.2. The Bertz CT molecular complexity index is 712. The van der Waals surface area contributed by atoms with Gasteiger partial charge in [-0.1, -0.05) is 18.2 Å². The Morgan fingerprint density at radius 1 is 1.21 bits per heavy atom. The summed E-state index contributed by atoms with van der Waals surface area (Å²) in [6.45, 7) is 7.10. The van der Waals surface area contributed by atoms with E-state index in [4.69, 9.17) is 0 Å². The van der Waals surface area contributed by atoms with E-state index >= 15 is 0 Å². The topological polar surface area (TPSA) is 83.1 Å². The largest absolute Gasteiger partial charge is 0.346 e. The third-order valence-electron chi connectivity index (χ3n) is 3.45. The smallest absolute Gasteiger partial charge is 0.320 e. The van der Waals surface area contributed by atoms with Crippen LogP contribution in [-0.4, -0.2) is 22.5 Å². The molecule has 3 N–H and O–H groups in total. The summed E-state index contributed by atoms with van der Waals surface area (Å²) in [6.07, 6.45) is 0. The predicted octanol–water partition coefficient (Wildman–Crippen LogP) is 3.23. The molecule has 24 heavy (non-hydrogen) atoms. The number of aromatic nitrogens is 1. The fourth-order valence-electron chi connectivity index (χ4n) is 2.05. The van der Waals surface area contributed by atoms with Gasteiger partial charge in [0.25, 0.3) is 0 Å². The van der Waals surface area contributed by atoms with Crippen molar-refractivity contribution < 1.29 is 9.59 Å². The number of aryl methyl sites for hydroxylation is 1. The number of para-hydroxylation sites is 1. The van der Waals surface area contributed by atoms with Crippen molar-refractivity contribution in [2.24, 2.45) is 0 Å². The normalized spacial score (nSPS) is 12.3. The molecule has 128 valence electrons. The summed E-state index contributed by atoms with van der Waals surface area (Å²) in [5.41, 5.74) is 0.422. The van der Waals surface area contributed by atoms with Crippen molar-refractivity contribution in [1.29, 1.82) is 0 Å². The maximum absolute atomic E-state index is 12.5. The minimum absolute atomic E-state index is 0.222. The first-order chi connectivity index (χ1) is 11.3. The molecule has 2 rings (SSSR count). The van der Waals surface area contributed by atoms with Crippen molar-refractivity contribution in [3.05, 3.63) is 46.4 Å². The number of nitrogens with one attached hydrogen (secondary N) is 3. The molecule has 0 aliphatic carbocycles. The van der Waals surface area contributed by atoms with Crippen molar-refractivity contribution in [3.63, 3.8) is 0 Å². The fourth-order valence-corrected chi connectivity index (χ4v) is 2.76. The van der Waals surface area contributed by atoms with Crippen molar-refractivity contribution in [1.82, 2.24) is 15.6 Å². The van der Waals surface area contributed by atoms with E-state index < -0.39 is 11.6 Å². The zero-order chi connectivity index (χ0) is 17.7. The Morgan fingerprint density at radius 3 is 2.46 bits per heavy atom. The van der Waals surface area contributed by atoms with E-state index in [1.54, 1.807) is 26.0 Å². The summed E-state index contributed by atoms with van der Waals surface area (Å²) in [7, 11) is 0. The number of rotatable bonds is 5. The first kappa shape index (κ1) is 17.9. The first-order valence-electron chi connectivity index (χ1n) is 7.65. The van der Waals surface area contributed by atoms with Crippen molar-refractivity contribution in [3.8, 4) is 0 Å². The van der Waals surface area contributed by atoms with Gasteiger partial charge in [-0.3, -0.25) is 4.79 Å². The van der Waals surface area contributed by atoms with E-state index in [0.717, 1.165) is 10.7 Å². The molecule has 0 bridgehead atoms. The summed E-state index contributed by atoms with van der Waals surface area (Å²) < 4.78 is 0. The summed E-state index contributed by atoms with van der Waals surface area (Å²) in [4.78, 5) is 28.9. The standard InChI is InChI=1S/C17H22N4O2S/c1-11(14-10-24-12(2)19-14)18-15(22)17(3,4)21-16(23)20-13-8-6-5-7-9-13/h5-11H,1-4H3,(H,18,22)(H2,20,21,23)/t11-/m1/s1. The van der Waals surface area contributed by atoms with Gasteiger partial charge >= 0.3 is 6.03 Å². The minimum atomic E-state index is -1.06. The highest BCUT2D eigenvalue weighted by Gasteiger charge is 2.30. The Kier molecular flexibility index (Phi) is 5.56. The number of amides is 3. The van der Waals surface area contributed by atoms with Crippen LogP contribution in [0.4, 0.5) is 10.5 Å². The molecule has 3 amide bonds. The summed E-state index contributed by atoms with van der Waals surface area (Å²) in [5, 5.41) is 11.1. The Labute approximate surface area is 145 Å². The quantitative estimate of drug-likeness (QED) is 0.777. The molecular formula is C17H22N4O2S. The lowest BCUT2D eigenvalue weighted by molar-refractivity contribution is -0.126. The highest BCUT2D eigenvalue weighted by molar-refractivity contribution is 7.09. The first-order valence-corrected chi connectivity index (χ1v) is 8.53. The van der Waals surface area contributed by atoms with E-state index in [-0.39, 0.29) is 11.9 Å². The molecule has 1 aromatic heterocycles. The lowest BCUT2D eigenvalue weighted by atomic mass is 10.0. The second kappa shape index (κ2) is 7.44. The fraction of sp³-hybridized carbons (Fsp3) is 0.353.